The Bertz CT molecular complexity index is 1900. The number of methoxy groups -OCH3 is 1. The van der Waals surface area contributed by atoms with Gasteiger partial charge in [-0.1, -0.05) is 56.0 Å². The number of nitrogens with zero attached hydrogens (tertiary/aromatic N) is 2. The average Bonchev–Trinajstić information content (AvgIpc) is 3.79. The van der Waals surface area contributed by atoms with Gasteiger partial charge in [-0.3, -0.25) is 9.52 Å². The van der Waals surface area contributed by atoms with Crippen LogP contribution in [0.15, 0.2) is 102 Å². The number of nitrogens with one attached hydrogen (secondary N) is 3. The molecule has 6 rings (SSSR count). The van der Waals surface area contributed by atoms with Crippen LogP contribution >= 0.6 is 0 Å². The third-order valence-electron chi connectivity index (χ3n) is 6.96. The van der Waals surface area contributed by atoms with Crippen molar-refractivity contribution in [1.29, 1.82) is 0 Å². The maximum atomic E-state index is 13.5. The van der Waals surface area contributed by atoms with E-state index in [0.717, 1.165) is 12.0 Å². The normalized spacial score (nSPS) is 15.7. The lowest BCUT2D eigenvalue weighted by molar-refractivity contribution is -0.117. The zero-order valence-electron chi connectivity index (χ0n) is 22.5. The first kappa shape index (κ1) is 29.3. The Kier molecular flexibility index (Phi) is 8.18. The summed E-state index contributed by atoms with van der Waals surface area (Å²) in [5.74, 6) is 0.261. The van der Waals surface area contributed by atoms with E-state index in [1.54, 1.807) is 42.5 Å². The fraction of sp³-hybridized carbons (Fsp3) is 0.156. The quantitative estimate of drug-likeness (QED) is 0.156. The van der Waals surface area contributed by atoms with Gasteiger partial charge in [-0.05, 0) is 48.2 Å². The molecule has 0 radical (unpaired) electrons. The maximum absolute atomic E-state index is 13.5. The number of sulfonamides is 1. The van der Waals surface area contributed by atoms with Crippen LogP contribution in [0, 0.1) is 5.92 Å². The molecule has 10 nitrogen and oxygen atoms in total. The number of hydrogen-bond acceptors (Lipinski definition) is 8. The van der Waals surface area contributed by atoms with E-state index in [2.05, 4.69) is 25.3 Å². The predicted octanol–water partition coefficient (Wildman–Crippen LogP) is 6.27. The summed E-state index contributed by atoms with van der Waals surface area (Å²) in [7, 11) is -2.68. The smallest absolute Gasteiger partial charge is 0.263 e. The molecule has 0 unspecified atom stereocenters. The summed E-state index contributed by atoms with van der Waals surface area (Å²) >= 11 is 0. The number of para-hydroxylation sites is 2. The molecule has 0 bridgehead atoms. The van der Waals surface area contributed by atoms with Gasteiger partial charge in [0, 0.05) is 35.5 Å². The molecule has 1 saturated carbocycles. The highest BCUT2D eigenvalue weighted by Gasteiger charge is 2.43. The van der Waals surface area contributed by atoms with Gasteiger partial charge in [0.25, 0.3) is 10.0 Å². The van der Waals surface area contributed by atoms with Gasteiger partial charge in [-0.25, -0.2) is 18.4 Å². The molecule has 220 valence electrons. The number of carbonyl (C=O) groups excluding carboxylic acids is 1. The van der Waals surface area contributed by atoms with E-state index in [4.69, 9.17) is 4.74 Å². The molecule has 2 atom stereocenters. The summed E-state index contributed by atoms with van der Waals surface area (Å²) in [6, 6.07) is 27.5. The minimum atomic E-state index is -4.15. The summed E-state index contributed by atoms with van der Waals surface area (Å²) in [5.41, 5.74) is 2.91. The van der Waals surface area contributed by atoms with Crippen LogP contribution < -0.4 is 20.1 Å². The Morgan fingerprint density at radius 3 is 2.28 bits per heavy atom. The molecular weight excluding hydrogens is 566 g/mol. The van der Waals surface area contributed by atoms with Crippen LogP contribution in [-0.4, -0.2) is 36.5 Å². The van der Waals surface area contributed by atoms with Crippen molar-refractivity contribution in [1.82, 2.24) is 9.97 Å². The summed E-state index contributed by atoms with van der Waals surface area (Å²) < 4.78 is 34.8. The van der Waals surface area contributed by atoms with Gasteiger partial charge in [0.2, 0.25) is 5.91 Å². The van der Waals surface area contributed by atoms with Gasteiger partial charge >= 0.3 is 0 Å². The Balaban J connectivity index is 0.00000368. The van der Waals surface area contributed by atoms with Crippen LogP contribution in [-0.2, 0) is 14.8 Å². The van der Waals surface area contributed by atoms with Crippen LogP contribution in [0.25, 0.3) is 11.0 Å². The Morgan fingerprint density at radius 1 is 0.860 bits per heavy atom. The van der Waals surface area contributed by atoms with Crippen LogP contribution in [0.1, 0.15) is 25.3 Å². The molecular formula is C32H31N5O5S. The van der Waals surface area contributed by atoms with E-state index < -0.39 is 10.0 Å². The van der Waals surface area contributed by atoms with Gasteiger partial charge in [-0.2, -0.15) is 0 Å². The molecule has 1 aliphatic rings. The summed E-state index contributed by atoms with van der Waals surface area (Å²) in [4.78, 5) is 21.9. The summed E-state index contributed by atoms with van der Waals surface area (Å²) in [6.45, 7) is 0. The van der Waals surface area contributed by atoms with Crippen molar-refractivity contribution in [2.75, 3.05) is 22.5 Å². The highest BCUT2D eigenvalue weighted by Crippen LogP contribution is 2.48. The van der Waals surface area contributed by atoms with E-state index in [-0.39, 0.29) is 47.5 Å². The number of amides is 1. The number of rotatable bonds is 9. The molecule has 5 aromatic rings. The number of phenols is 1. The predicted molar refractivity (Wildman–Crippen MR) is 167 cm³/mol. The topological polar surface area (TPSA) is 143 Å². The number of carbonyl (C=O) groups is 1. The van der Waals surface area contributed by atoms with E-state index in [9.17, 15) is 18.3 Å². The highest BCUT2D eigenvalue weighted by atomic mass is 32.2. The van der Waals surface area contributed by atoms with Crippen molar-refractivity contribution in [3.05, 3.63) is 103 Å². The monoisotopic (exact) mass is 597 g/mol. The van der Waals surface area contributed by atoms with Gasteiger partial charge in [0.15, 0.2) is 11.6 Å². The third-order valence-corrected chi connectivity index (χ3v) is 8.29. The summed E-state index contributed by atoms with van der Waals surface area (Å²) in [5, 5.41) is 16.0. The first-order valence-corrected chi connectivity index (χ1v) is 14.7. The van der Waals surface area contributed by atoms with Gasteiger partial charge in [-0.15, -0.1) is 0 Å². The standard InChI is InChI=1S/C31H27N5O5S.CH4/c1-41-23-15-21(14-22(37)17-23)32-29-30(35-28-13-6-5-12-27(28)34-29)36-42(39,40)24-11-7-10-20(16-24)33-31(38)26-18-25(26)19-8-3-2-4-9-19;/h2-17,25-26,37H,18H2,1H3,(H,32,34)(H,33,38)(H,35,36);1H4/t25-,26+;/m0./s1. The summed E-state index contributed by atoms with van der Waals surface area (Å²) in [6.07, 6.45) is 0.747. The number of aromatic hydroxyl groups is 1. The van der Waals surface area contributed by atoms with E-state index in [1.807, 2.05) is 30.3 Å². The molecule has 11 heteroatoms. The van der Waals surface area contributed by atoms with Crippen molar-refractivity contribution >= 4 is 50.0 Å². The fourth-order valence-electron chi connectivity index (χ4n) is 4.78. The van der Waals surface area contributed by atoms with Crippen molar-refractivity contribution in [3.63, 3.8) is 0 Å². The Morgan fingerprint density at radius 2 is 1.56 bits per heavy atom. The first-order chi connectivity index (χ1) is 20.3. The Hall–Kier alpha value is -5.16. The van der Waals surface area contributed by atoms with E-state index in [1.165, 1.54) is 31.4 Å². The molecule has 1 amide bonds. The second-order valence-corrected chi connectivity index (χ2v) is 11.6. The van der Waals surface area contributed by atoms with E-state index in [0.29, 0.717) is 28.2 Å². The number of hydrogen-bond donors (Lipinski definition) is 4. The lowest BCUT2D eigenvalue weighted by atomic mass is 10.1. The minimum absolute atomic E-state index is 0. The van der Waals surface area contributed by atoms with Crippen molar-refractivity contribution < 1.29 is 23.1 Å². The number of ether oxygens (including phenoxy) is 1. The van der Waals surface area contributed by atoms with Crippen LogP contribution in [0.2, 0.25) is 0 Å². The maximum Gasteiger partial charge on any atom is 0.263 e. The zero-order chi connectivity index (χ0) is 29.3. The molecule has 1 fully saturated rings. The van der Waals surface area contributed by atoms with Crippen molar-refractivity contribution in [2.24, 2.45) is 5.92 Å². The number of anilines is 4. The first-order valence-electron chi connectivity index (χ1n) is 13.2. The number of fused-ring (bicyclic) bond motifs is 1. The van der Waals surface area contributed by atoms with Crippen LogP contribution in [0.3, 0.4) is 0 Å². The average molecular weight is 598 g/mol. The minimum Gasteiger partial charge on any atom is -0.508 e. The third kappa shape index (κ3) is 6.52. The van der Waals surface area contributed by atoms with Crippen LogP contribution in [0.5, 0.6) is 11.5 Å². The lowest BCUT2D eigenvalue weighted by Gasteiger charge is -2.15. The Labute approximate surface area is 249 Å². The zero-order valence-corrected chi connectivity index (χ0v) is 23.3. The molecule has 4 N–H and O–H groups in total. The fourth-order valence-corrected chi connectivity index (χ4v) is 5.84. The molecule has 1 aromatic heterocycles. The van der Waals surface area contributed by atoms with Crippen molar-refractivity contribution in [2.45, 2.75) is 24.7 Å². The molecule has 4 aromatic carbocycles. The number of aromatic nitrogens is 2. The molecule has 0 aliphatic heterocycles. The van der Waals surface area contributed by atoms with Gasteiger partial charge < -0.3 is 20.5 Å². The molecule has 1 heterocycles. The highest BCUT2D eigenvalue weighted by molar-refractivity contribution is 7.92. The van der Waals surface area contributed by atoms with Crippen molar-refractivity contribution in [3.8, 4) is 11.5 Å². The largest absolute Gasteiger partial charge is 0.508 e. The number of benzene rings is 4. The molecule has 0 saturated heterocycles. The molecule has 1 aliphatic carbocycles. The van der Waals surface area contributed by atoms with Gasteiger partial charge in [0.05, 0.1) is 23.0 Å². The second kappa shape index (κ2) is 12.0. The van der Waals surface area contributed by atoms with Crippen LogP contribution in [0.4, 0.5) is 23.0 Å². The molecule has 0 spiro atoms. The SMILES string of the molecule is C.COc1cc(O)cc(Nc2nc3ccccc3nc2NS(=O)(=O)c2cccc(NC(=O)[C@@H]3C[C@H]3c3ccccc3)c2)c1. The lowest BCUT2D eigenvalue weighted by Crippen LogP contribution is -2.17. The molecule has 43 heavy (non-hydrogen) atoms. The second-order valence-electron chi connectivity index (χ2n) is 9.94. The number of phenolic OH excluding ortho intramolecular Hbond substituents is 1. The van der Waals surface area contributed by atoms with Gasteiger partial charge in [0.1, 0.15) is 11.5 Å². The van der Waals surface area contributed by atoms with E-state index >= 15 is 0 Å².